The molecule has 1 aromatic heterocycles. The van der Waals surface area contributed by atoms with E-state index in [0.717, 1.165) is 0 Å². The maximum Gasteiger partial charge on any atom is 0.211 e. The van der Waals surface area contributed by atoms with Crippen LogP contribution in [0.4, 0.5) is 8.78 Å². The smallest absolute Gasteiger partial charge is 0.211 e. The Balaban J connectivity index is 1.87. The summed E-state index contributed by atoms with van der Waals surface area (Å²) in [6.07, 6.45) is 1.48. The monoisotopic (exact) mass is 355 g/mol. The molecular weight excluding hydrogens is 340 g/mol. The number of ether oxygens (including phenoxy) is 2. The van der Waals surface area contributed by atoms with Crippen LogP contribution in [0.15, 0.2) is 54.7 Å². The first kappa shape index (κ1) is 17.5. The van der Waals surface area contributed by atoms with Crippen LogP contribution < -0.4 is 9.47 Å². The van der Waals surface area contributed by atoms with Gasteiger partial charge in [-0.2, -0.15) is 0 Å². The second kappa shape index (κ2) is 7.31. The average molecular weight is 355 g/mol. The van der Waals surface area contributed by atoms with Crippen molar-refractivity contribution in [3.05, 3.63) is 77.6 Å². The van der Waals surface area contributed by atoms with Crippen LogP contribution in [-0.4, -0.2) is 25.0 Å². The van der Waals surface area contributed by atoms with Crippen molar-refractivity contribution in [2.24, 2.45) is 0 Å². The molecule has 0 aliphatic heterocycles. The highest BCUT2D eigenvalue weighted by Crippen LogP contribution is 2.26. The molecule has 6 heteroatoms. The first-order valence-corrected chi connectivity index (χ1v) is 7.71. The summed E-state index contributed by atoms with van der Waals surface area (Å²) in [7, 11) is 2.72. The summed E-state index contributed by atoms with van der Waals surface area (Å²) >= 11 is 0. The standard InChI is InChI=1S/C20H15F2NO3/c1-25-18-8-5-12(9-16(18)22)14-4-7-17(23-11-14)20(24)13-3-6-15(21)19(10-13)26-2/h3-11H,1-2H3. The van der Waals surface area contributed by atoms with Crippen molar-refractivity contribution in [3.63, 3.8) is 0 Å². The number of pyridine rings is 1. The Labute approximate surface area is 149 Å². The number of carbonyl (C=O) groups excluding carboxylic acids is 1. The van der Waals surface area contributed by atoms with Crippen molar-refractivity contribution in [1.82, 2.24) is 4.98 Å². The quantitative estimate of drug-likeness (QED) is 0.641. The summed E-state index contributed by atoms with van der Waals surface area (Å²) in [5.41, 5.74) is 1.72. The van der Waals surface area contributed by atoms with Gasteiger partial charge in [-0.25, -0.2) is 8.78 Å². The van der Waals surface area contributed by atoms with E-state index < -0.39 is 11.6 Å². The van der Waals surface area contributed by atoms with Gasteiger partial charge in [-0.3, -0.25) is 9.78 Å². The van der Waals surface area contributed by atoms with E-state index in [1.165, 1.54) is 56.8 Å². The molecule has 0 unspecified atom stereocenters. The van der Waals surface area contributed by atoms with Gasteiger partial charge < -0.3 is 9.47 Å². The van der Waals surface area contributed by atoms with E-state index in [9.17, 15) is 13.6 Å². The van der Waals surface area contributed by atoms with Crippen molar-refractivity contribution >= 4 is 5.78 Å². The fourth-order valence-electron chi connectivity index (χ4n) is 2.49. The van der Waals surface area contributed by atoms with Crippen molar-refractivity contribution in [2.75, 3.05) is 14.2 Å². The fourth-order valence-corrected chi connectivity index (χ4v) is 2.49. The van der Waals surface area contributed by atoms with Crippen LogP contribution >= 0.6 is 0 Å². The molecular formula is C20H15F2NO3. The Bertz CT molecular complexity index is 956. The number of methoxy groups -OCH3 is 2. The van der Waals surface area contributed by atoms with Gasteiger partial charge in [-0.05, 0) is 42.0 Å². The largest absolute Gasteiger partial charge is 0.494 e. The zero-order valence-corrected chi connectivity index (χ0v) is 14.1. The third-order valence-electron chi connectivity index (χ3n) is 3.89. The number of hydrogen-bond acceptors (Lipinski definition) is 4. The minimum absolute atomic E-state index is 0.0128. The third kappa shape index (κ3) is 3.39. The molecule has 0 bridgehead atoms. The van der Waals surface area contributed by atoms with Crippen LogP contribution in [0.3, 0.4) is 0 Å². The molecule has 132 valence electrons. The molecule has 4 nitrogen and oxygen atoms in total. The van der Waals surface area contributed by atoms with Gasteiger partial charge in [-0.15, -0.1) is 0 Å². The molecule has 0 N–H and O–H groups in total. The van der Waals surface area contributed by atoms with Crippen LogP contribution in [0.5, 0.6) is 11.5 Å². The number of rotatable bonds is 5. The van der Waals surface area contributed by atoms with Gasteiger partial charge in [0.2, 0.25) is 5.78 Å². The lowest BCUT2D eigenvalue weighted by Gasteiger charge is -2.07. The minimum Gasteiger partial charge on any atom is -0.494 e. The zero-order chi connectivity index (χ0) is 18.7. The minimum atomic E-state index is -0.547. The maximum atomic E-state index is 13.8. The average Bonchev–Trinajstić information content (AvgIpc) is 2.68. The molecule has 0 saturated heterocycles. The molecule has 0 atom stereocenters. The highest BCUT2D eigenvalue weighted by atomic mass is 19.1. The molecule has 0 saturated carbocycles. The van der Waals surface area contributed by atoms with E-state index in [0.29, 0.717) is 11.1 Å². The molecule has 0 amide bonds. The van der Waals surface area contributed by atoms with Crippen LogP contribution in [0.2, 0.25) is 0 Å². The van der Waals surface area contributed by atoms with Crippen LogP contribution in [0.1, 0.15) is 16.1 Å². The van der Waals surface area contributed by atoms with Gasteiger partial charge in [0, 0.05) is 17.3 Å². The van der Waals surface area contributed by atoms with Crippen molar-refractivity contribution < 1.29 is 23.0 Å². The number of ketones is 1. The highest BCUT2D eigenvalue weighted by molar-refractivity contribution is 6.08. The predicted molar refractivity (Wildman–Crippen MR) is 92.6 cm³/mol. The molecule has 3 aromatic rings. The van der Waals surface area contributed by atoms with Gasteiger partial charge in [0.1, 0.15) is 5.69 Å². The molecule has 0 fully saturated rings. The van der Waals surface area contributed by atoms with Crippen molar-refractivity contribution in [1.29, 1.82) is 0 Å². The zero-order valence-electron chi connectivity index (χ0n) is 14.1. The summed E-state index contributed by atoms with van der Waals surface area (Å²) < 4.78 is 37.1. The topological polar surface area (TPSA) is 48.4 Å². The Morgan fingerprint density at radius 2 is 1.58 bits per heavy atom. The molecule has 0 aliphatic rings. The first-order valence-electron chi connectivity index (χ1n) is 7.71. The Morgan fingerprint density at radius 3 is 2.19 bits per heavy atom. The number of carbonyl (C=O) groups is 1. The van der Waals surface area contributed by atoms with Crippen molar-refractivity contribution in [3.8, 4) is 22.6 Å². The summed E-state index contributed by atoms with van der Waals surface area (Å²) in [6.45, 7) is 0. The van der Waals surface area contributed by atoms with E-state index in [1.807, 2.05) is 0 Å². The number of benzene rings is 2. The van der Waals surface area contributed by atoms with Crippen LogP contribution in [0, 0.1) is 11.6 Å². The van der Waals surface area contributed by atoms with Gasteiger partial charge in [0.25, 0.3) is 0 Å². The van der Waals surface area contributed by atoms with E-state index in [-0.39, 0.29) is 28.5 Å². The fraction of sp³-hybridized carbons (Fsp3) is 0.100. The number of aromatic nitrogens is 1. The van der Waals surface area contributed by atoms with Gasteiger partial charge in [0.05, 0.1) is 14.2 Å². The number of hydrogen-bond donors (Lipinski definition) is 0. The molecule has 26 heavy (non-hydrogen) atoms. The van der Waals surface area contributed by atoms with E-state index in [1.54, 1.807) is 12.1 Å². The van der Waals surface area contributed by atoms with Crippen LogP contribution in [0.25, 0.3) is 11.1 Å². The lowest BCUT2D eigenvalue weighted by molar-refractivity contribution is 0.103. The molecule has 2 aromatic carbocycles. The lowest BCUT2D eigenvalue weighted by atomic mass is 10.0. The molecule has 0 spiro atoms. The highest BCUT2D eigenvalue weighted by Gasteiger charge is 2.14. The van der Waals surface area contributed by atoms with Crippen LogP contribution in [-0.2, 0) is 0 Å². The summed E-state index contributed by atoms with van der Waals surface area (Å²) in [5, 5.41) is 0. The van der Waals surface area contributed by atoms with E-state index >= 15 is 0 Å². The van der Waals surface area contributed by atoms with E-state index in [4.69, 9.17) is 9.47 Å². The van der Waals surface area contributed by atoms with Gasteiger partial charge >= 0.3 is 0 Å². The van der Waals surface area contributed by atoms with E-state index in [2.05, 4.69) is 4.98 Å². The first-order chi connectivity index (χ1) is 12.5. The molecule has 1 heterocycles. The second-order valence-electron chi connectivity index (χ2n) is 5.46. The Hall–Kier alpha value is -3.28. The van der Waals surface area contributed by atoms with Gasteiger partial charge in [-0.1, -0.05) is 12.1 Å². The molecule has 3 rings (SSSR count). The summed E-state index contributed by atoms with van der Waals surface area (Å²) in [6, 6.07) is 11.6. The Kier molecular flexibility index (Phi) is 4.93. The molecule has 0 radical (unpaired) electrons. The molecule has 0 aliphatic carbocycles. The number of halogens is 2. The predicted octanol–water partition coefficient (Wildman–Crippen LogP) is 4.28. The van der Waals surface area contributed by atoms with Gasteiger partial charge in [0.15, 0.2) is 23.1 Å². The second-order valence-corrected chi connectivity index (χ2v) is 5.46. The summed E-state index contributed by atoms with van der Waals surface area (Å²) in [4.78, 5) is 16.6. The number of nitrogens with zero attached hydrogens (tertiary/aromatic N) is 1. The maximum absolute atomic E-state index is 13.8. The lowest BCUT2D eigenvalue weighted by Crippen LogP contribution is -2.05. The summed E-state index contributed by atoms with van der Waals surface area (Å²) in [5.74, 6) is -1.26. The third-order valence-corrected chi connectivity index (χ3v) is 3.89. The normalized spacial score (nSPS) is 10.5. The van der Waals surface area contributed by atoms with Crippen molar-refractivity contribution in [2.45, 2.75) is 0 Å². The SMILES string of the molecule is COc1ccc(-c2ccc(C(=O)c3ccc(F)c(OC)c3)nc2)cc1F. The Morgan fingerprint density at radius 1 is 0.846 bits per heavy atom.